The lowest BCUT2D eigenvalue weighted by Crippen LogP contribution is -2.48. The lowest BCUT2D eigenvalue weighted by molar-refractivity contribution is -0.120. The van der Waals surface area contributed by atoms with Crippen LogP contribution in [0.1, 0.15) is 26.7 Å². The van der Waals surface area contributed by atoms with Gasteiger partial charge in [-0.05, 0) is 44.2 Å². The summed E-state index contributed by atoms with van der Waals surface area (Å²) in [7, 11) is -3.70. The van der Waals surface area contributed by atoms with Crippen LogP contribution >= 0.6 is 0 Å². The molecule has 1 amide bonds. The summed E-state index contributed by atoms with van der Waals surface area (Å²) in [5, 5.41) is 4.62. The number of nitrogens with zero attached hydrogens (tertiary/aromatic N) is 2. The van der Waals surface area contributed by atoms with Crippen LogP contribution in [0.15, 0.2) is 52.9 Å². The zero-order chi connectivity index (χ0) is 20.6. The van der Waals surface area contributed by atoms with Gasteiger partial charge < -0.3 is 5.32 Å². The lowest BCUT2D eigenvalue weighted by Gasteiger charge is -2.32. The average Bonchev–Trinajstić information content (AvgIpc) is 2.91. The van der Waals surface area contributed by atoms with Gasteiger partial charge in [0.15, 0.2) is 0 Å². The Labute approximate surface area is 172 Å². The molecule has 2 heterocycles. The van der Waals surface area contributed by atoms with E-state index in [2.05, 4.69) is 30.1 Å². The number of sulfonamides is 1. The molecule has 2 aliphatic heterocycles. The second kappa shape index (κ2) is 7.80. The van der Waals surface area contributed by atoms with Crippen molar-refractivity contribution in [3.05, 3.63) is 48.0 Å². The fourth-order valence-electron chi connectivity index (χ4n) is 4.10. The Balaban J connectivity index is 1.41. The van der Waals surface area contributed by atoms with Crippen LogP contribution in [0.3, 0.4) is 0 Å². The maximum atomic E-state index is 13.0. The first-order valence-electron chi connectivity index (χ1n) is 10.1. The number of rotatable bonds is 5. The number of anilines is 1. The molecule has 6 nitrogen and oxygen atoms in total. The summed E-state index contributed by atoms with van der Waals surface area (Å²) in [4.78, 5) is 15.3. The summed E-state index contributed by atoms with van der Waals surface area (Å²) in [6.45, 7) is 6.81. The van der Waals surface area contributed by atoms with E-state index in [1.807, 2.05) is 18.2 Å². The second-order valence-electron chi connectivity index (χ2n) is 8.07. The molecule has 7 heteroatoms. The van der Waals surface area contributed by atoms with Crippen molar-refractivity contribution in [2.24, 2.45) is 0 Å². The van der Waals surface area contributed by atoms with Gasteiger partial charge >= 0.3 is 0 Å². The second-order valence-corrected chi connectivity index (χ2v) is 9.90. The minimum atomic E-state index is -3.70. The normalized spacial score (nSPS) is 18.8. The molecule has 154 valence electrons. The summed E-state index contributed by atoms with van der Waals surface area (Å²) >= 11 is 0. The van der Waals surface area contributed by atoms with Gasteiger partial charge in [-0.25, -0.2) is 8.42 Å². The van der Waals surface area contributed by atoms with Crippen molar-refractivity contribution in [1.29, 1.82) is 0 Å². The summed E-state index contributed by atoms with van der Waals surface area (Å²) in [6, 6.07) is 10.8. The Bertz CT molecular complexity index is 1060. The van der Waals surface area contributed by atoms with E-state index in [-0.39, 0.29) is 23.4 Å². The molecule has 0 spiro atoms. The van der Waals surface area contributed by atoms with Crippen molar-refractivity contribution in [1.82, 2.24) is 10.2 Å². The predicted molar refractivity (Wildman–Crippen MR) is 116 cm³/mol. The summed E-state index contributed by atoms with van der Waals surface area (Å²) in [5.74, 6) is -0.249. The number of piperidine rings is 1. The van der Waals surface area contributed by atoms with Gasteiger partial charge in [0.25, 0.3) is 10.0 Å². The largest absolute Gasteiger partial charge is 0.352 e. The van der Waals surface area contributed by atoms with Gasteiger partial charge in [-0.3, -0.25) is 14.0 Å². The molecule has 0 saturated carbocycles. The molecule has 2 aromatic rings. The first kappa shape index (κ1) is 19.9. The van der Waals surface area contributed by atoms with Crippen molar-refractivity contribution in [2.75, 3.05) is 30.5 Å². The highest BCUT2D eigenvalue weighted by Gasteiger charge is 2.36. The van der Waals surface area contributed by atoms with E-state index in [4.69, 9.17) is 0 Å². The number of carbonyl (C=O) groups excluding carboxylic acids is 1. The number of likely N-dealkylation sites (tertiary alicyclic amines) is 1. The Morgan fingerprint density at radius 1 is 1.14 bits per heavy atom. The Kier molecular flexibility index (Phi) is 5.36. The minimum Gasteiger partial charge on any atom is -0.352 e. The Morgan fingerprint density at radius 3 is 2.52 bits per heavy atom. The predicted octanol–water partition coefficient (Wildman–Crippen LogP) is 2.90. The topological polar surface area (TPSA) is 69.7 Å². The molecular weight excluding hydrogens is 386 g/mol. The van der Waals surface area contributed by atoms with Crippen LogP contribution in [0.4, 0.5) is 5.69 Å². The molecule has 0 aromatic heterocycles. The SMILES string of the molecule is CC(C)=CCN1CCC(NC(=O)CN2c3cccc4cccc(c34)S2(=O)=O)CC1. The van der Waals surface area contributed by atoms with Crippen LogP contribution in [0.2, 0.25) is 0 Å². The van der Waals surface area contributed by atoms with E-state index in [1.54, 1.807) is 18.2 Å². The third-order valence-electron chi connectivity index (χ3n) is 5.68. The van der Waals surface area contributed by atoms with Crippen molar-refractivity contribution >= 4 is 32.4 Å². The molecule has 1 saturated heterocycles. The number of hydrogen-bond donors (Lipinski definition) is 1. The molecule has 0 atom stereocenters. The number of amides is 1. The summed E-state index contributed by atoms with van der Waals surface area (Å²) in [5.41, 5.74) is 1.90. The van der Waals surface area contributed by atoms with E-state index in [1.165, 1.54) is 9.88 Å². The first-order valence-corrected chi connectivity index (χ1v) is 11.5. The minimum absolute atomic E-state index is 0.0916. The van der Waals surface area contributed by atoms with E-state index in [0.717, 1.165) is 37.9 Å². The van der Waals surface area contributed by atoms with Crippen LogP contribution in [0, 0.1) is 0 Å². The number of carbonyl (C=O) groups is 1. The van der Waals surface area contributed by atoms with Crippen LogP contribution in [0.5, 0.6) is 0 Å². The maximum Gasteiger partial charge on any atom is 0.265 e. The average molecular weight is 414 g/mol. The lowest BCUT2D eigenvalue weighted by atomic mass is 10.0. The summed E-state index contributed by atoms with van der Waals surface area (Å²) in [6.07, 6.45) is 3.98. The van der Waals surface area contributed by atoms with Crippen LogP contribution in [-0.4, -0.2) is 51.4 Å². The monoisotopic (exact) mass is 413 g/mol. The number of benzene rings is 2. The molecule has 1 N–H and O–H groups in total. The molecule has 2 aromatic carbocycles. The molecule has 1 fully saturated rings. The highest BCUT2D eigenvalue weighted by Crippen LogP contribution is 2.41. The Hall–Kier alpha value is -2.38. The molecule has 0 radical (unpaired) electrons. The smallest absolute Gasteiger partial charge is 0.265 e. The third-order valence-corrected chi connectivity index (χ3v) is 7.48. The first-order chi connectivity index (χ1) is 13.9. The highest BCUT2D eigenvalue weighted by atomic mass is 32.2. The van der Waals surface area contributed by atoms with E-state index in [0.29, 0.717) is 11.1 Å². The fraction of sp³-hybridized carbons (Fsp3) is 0.409. The van der Waals surface area contributed by atoms with Gasteiger partial charge in [-0.2, -0.15) is 0 Å². The molecule has 0 aliphatic carbocycles. The third kappa shape index (κ3) is 3.89. The van der Waals surface area contributed by atoms with Crippen molar-refractivity contribution < 1.29 is 13.2 Å². The summed E-state index contributed by atoms with van der Waals surface area (Å²) < 4.78 is 27.2. The molecule has 0 bridgehead atoms. The number of nitrogens with one attached hydrogen (secondary N) is 1. The van der Waals surface area contributed by atoms with E-state index in [9.17, 15) is 13.2 Å². The van der Waals surface area contributed by atoms with Gasteiger partial charge in [0.2, 0.25) is 5.91 Å². The number of hydrogen-bond acceptors (Lipinski definition) is 4. The zero-order valence-electron chi connectivity index (χ0n) is 16.9. The van der Waals surface area contributed by atoms with Gasteiger partial charge in [0, 0.05) is 31.1 Å². The van der Waals surface area contributed by atoms with Crippen LogP contribution in [-0.2, 0) is 14.8 Å². The van der Waals surface area contributed by atoms with Crippen molar-refractivity contribution in [2.45, 2.75) is 37.6 Å². The molecule has 4 rings (SSSR count). The highest BCUT2D eigenvalue weighted by molar-refractivity contribution is 7.93. The molecule has 29 heavy (non-hydrogen) atoms. The molecule has 0 unspecified atom stereocenters. The maximum absolute atomic E-state index is 13.0. The zero-order valence-corrected chi connectivity index (χ0v) is 17.7. The van der Waals surface area contributed by atoms with Gasteiger partial charge in [-0.1, -0.05) is 35.9 Å². The molecule has 2 aliphatic rings. The van der Waals surface area contributed by atoms with Crippen molar-refractivity contribution in [3.63, 3.8) is 0 Å². The van der Waals surface area contributed by atoms with Gasteiger partial charge in [0.05, 0.1) is 10.6 Å². The molecular formula is C22H27N3O3S. The van der Waals surface area contributed by atoms with Crippen molar-refractivity contribution in [3.8, 4) is 0 Å². The van der Waals surface area contributed by atoms with E-state index < -0.39 is 10.0 Å². The van der Waals surface area contributed by atoms with E-state index >= 15 is 0 Å². The van der Waals surface area contributed by atoms with Crippen LogP contribution < -0.4 is 9.62 Å². The standard InChI is InChI=1S/C22H27N3O3S/c1-16(2)9-12-24-13-10-18(11-14-24)23-21(26)15-25-19-7-3-5-17-6-4-8-20(22(17)19)29(25,27)28/h3-9,18H,10-15H2,1-2H3,(H,23,26). The van der Waals surface area contributed by atoms with Crippen LogP contribution in [0.25, 0.3) is 10.8 Å². The quantitative estimate of drug-likeness (QED) is 0.766. The number of allylic oxidation sites excluding steroid dienone is 1. The van der Waals surface area contributed by atoms with Gasteiger partial charge in [0.1, 0.15) is 6.54 Å². The fourth-order valence-corrected chi connectivity index (χ4v) is 5.77. The Morgan fingerprint density at radius 2 is 1.83 bits per heavy atom. The van der Waals surface area contributed by atoms with Gasteiger partial charge in [-0.15, -0.1) is 0 Å².